The van der Waals surface area contributed by atoms with E-state index in [1.54, 1.807) is 17.7 Å². The molecule has 0 aromatic heterocycles. The van der Waals surface area contributed by atoms with Gasteiger partial charge >= 0.3 is 0 Å². The van der Waals surface area contributed by atoms with Crippen LogP contribution in [0.5, 0.6) is 0 Å². The fraction of sp³-hybridized carbons (Fsp3) is 0.615. The second-order valence-corrected chi connectivity index (χ2v) is 9.15. The van der Waals surface area contributed by atoms with Gasteiger partial charge in [0.15, 0.2) is 0 Å². The molecule has 1 heterocycles. The number of likely N-dealkylation sites (tertiary alicyclic amines) is 1. The van der Waals surface area contributed by atoms with Crippen LogP contribution in [-0.2, 0) is 9.59 Å². The lowest BCUT2D eigenvalue weighted by Crippen LogP contribution is -2.41. The molecule has 1 N–H and O–H groups in total. The maximum Gasteiger partial charge on any atom is 0.241 e. The smallest absolute Gasteiger partial charge is 0.241 e. The molecule has 4 nitrogen and oxygen atoms in total. The number of rotatable bonds is 10. The Morgan fingerprint density at radius 1 is 1.26 bits per heavy atom. The number of carbonyl (C=O) groups is 2. The van der Waals surface area contributed by atoms with Gasteiger partial charge in [0.2, 0.25) is 11.8 Å². The van der Waals surface area contributed by atoms with Gasteiger partial charge in [-0.2, -0.15) is 0 Å². The summed E-state index contributed by atoms with van der Waals surface area (Å²) in [5.74, 6) is 0.135. The lowest BCUT2D eigenvalue weighted by molar-refractivity contribution is -0.132. The Morgan fingerprint density at radius 3 is 2.87 bits per heavy atom. The second-order valence-electron chi connectivity index (χ2n) is 9.15. The third-order valence-corrected chi connectivity index (χ3v) is 6.80. The predicted octanol–water partition coefficient (Wildman–Crippen LogP) is 5.24. The van der Waals surface area contributed by atoms with Crippen LogP contribution in [-0.4, -0.2) is 36.3 Å². The molecule has 2 aliphatic carbocycles. The van der Waals surface area contributed by atoms with Gasteiger partial charge in [-0.3, -0.25) is 9.59 Å². The molecule has 31 heavy (non-hydrogen) atoms. The Balaban J connectivity index is 1.35. The zero-order chi connectivity index (χ0) is 22.1. The number of amides is 2. The van der Waals surface area contributed by atoms with E-state index in [0.717, 1.165) is 25.9 Å². The van der Waals surface area contributed by atoms with Gasteiger partial charge in [-0.25, -0.2) is 4.39 Å². The minimum Gasteiger partial charge on any atom is -0.347 e. The van der Waals surface area contributed by atoms with Crippen LogP contribution in [0, 0.1) is 17.8 Å². The number of hydrogen-bond donors (Lipinski definition) is 1. The first-order valence-electron chi connectivity index (χ1n) is 12.0. The zero-order valence-electron chi connectivity index (χ0n) is 18.8. The summed E-state index contributed by atoms with van der Waals surface area (Å²) in [6.45, 7) is 3.83. The van der Waals surface area contributed by atoms with E-state index in [4.69, 9.17) is 0 Å². The first-order valence-corrected chi connectivity index (χ1v) is 12.0. The van der Waals surface area contributed by atoms with Gasteiger partial charge in [0.05, 0.1) is 12.5 Å². The molecule has 3 rings (SSSR count). The van der Waals surface area contributed by atoms with Crippen molar-refractivity contribution in [1.82, 2.24) is 10.2 Å². The second kappa shape index (κ2) is 12.0. The van der Waals surface area contributed by atoms with Crippen molar-refractivity contribution in [2.24, 2.45) is 17.8 Å². The molecule has 170 valence electrons. The van der Waals surface area contributed by atoms with Crippen LogP contribution in [0.2, 0.25) is 0 Å². The maximum atomic E-state index is 13.3. The van der Waals surface area contributed by atoms with Crippen LogP contribution in [0.4, 0.5) is 4.39 Å². The van der Waals surface area contributed by atoms with Crippen LogP contribution in [0.15, 0.2) is 47.9 Å². The minimum absolute atomic E-state index is 0.00146. The zero-order valence-corrected chi connectivity index (χ0v) is 18.8. The van der Waals surface area contributed by atoms with Crippen LogP contribution < -0.4 is 5.32 Å². The van der Waals surface area contributed by atoms with Crippen LogP contribution in [0.25, 0.3) is 0 Å². The monoisotopic (exact) mass is 428 g/mol. The van der Waals surface area contributed by atoms with Gasteiger partial charge in [-0.15, -0.1) is 0 Å². The standard InChI is InChI=1S/C26H37FN2O2/c1-2-8-21(22-10-4-3-5-11-22)12-6-9-20-15-16-29(19-20)25(30)18-28-26(31)23-13-7-14-24(27)17-23/h3-4,7,10,13-14,20-21,23H,2,5-6,8-9,11-12,15-19H2,1H3,(H,28,31). The molecule has 0 aromatic carbocycles. The van der Waals surface area contributed by atoms with Gasteiger partial charge in [0, 0.05) is 19.5 Å². The van der Waals surface area contributed by atoms with Crippen LogP contribution >= 0.6 is 0 Å². The van der Waals surface area contributed by atoms with E-state index in [-0.39, 0.29) is 30.6 Å². The van der Waals surface area contributed by atoms with Crippen molar-refractivity contribution in [2.45, 2.75) is 64.7 Å². The predicted molar refractivity (Wildman–Crippen MR) is 123 cm³/mol. The summed E-state index contributed by atoms with van der Waals surface area (Å²) >= 11 is 0. The number of allylic oxidation sites excluding steroid dienone is 7. The normalized spacial score (nSPS) is 24.0. The van der Waals surface area contributed by atoms with Gasteiger partial charge in [0.25, 0.3) is 0 Å². The van der Waals surface area contributed by atoms with Gasteiger partial charge in [-0.1, -0.05) is 55.7 Å². The molecular formula is C26H37FN2O2. The van der Waals surface area contributed by atoms with Gasteiger partial charge in [-0.05, 0) is 56.4 Å². The summed E-state index contributed by atoms with van der Waals surface area (Å²) in [5, 5.41) is 2.69. The Hall–Kier alpha value is -2.17. The SMILES string of the molecule is CCCC(CCCC1CCN(C(=O)CNC(=O)C2C=CC=C(F)C2)C1)C1=CC=CCC1. The molecule has 0 saturated carbocycles. The van der Waals surface area contributed by atoms with E-state index in [9.17, 15) is 14.0 Å². The van der Waals surface area contributed by atoms with Crippen LogP contribution in [0.3, 0.4) is 0 Å². The fourth-order valence-corrected chi connectivity index (χ4v) is 5.00. The molecule has 5 heteroatoms. The third-order valence-electron chi connectivity index (χ3n) is 6.80. The van der Waals surface area contributed by atoms with Gasteiger partial charge in [0.1, 0.15) is 5.83 Å². The molecule has 3 atom stereocenters. The number of hydrogen-bond acceptors (Lipinski definition) is 2. The quantitative estimate of drug-likeness (QED) is 0.517. The number of nitrogens with one attached hydrogen (secondary N) is 1. The average molecular weight is 429 g/mol. The topological polar surface area (TPSA) is 49.4 Å². The molecular weight excluding hydrogens is 391 g/mol. The molecule has 0 bridgehead atoms. The first-order chi connectivity index (χ1) is 15.1. The lowest BCUT2D eigenvalue weighted by Gasteiger charge is -2.22. The van der Waals surface area contributed by atoms with Crippen molar-refractivity contribution in [3.63, 3.8) is 0 Å². The highest BCUT2D eigenvalue weighted by Crippen LogP contribution is 2.31. The molecule has 2 amide bonds. The molecule has 0 spiro atoms. The summed E-state index contributed by atoms with van der Waals surface area (Å²) in [6.07, 6.45) is 21.0. The Labute approximate surface area is 186 Å². The number of halogens is 1. The molecule has 3 unspecified atom stereocenters. The Kier molecular flexibility index (Phi) is 9.11. The number of carbonyl (C=O) groups excluding carboxylic acids is 2. The highest BCUT2D eigenvalue weighted by atomic mass is 19.1. The molecule has 1 aliphatic heterocycles. The van der Waals surface area contributed by atoms with Crippen molar-refractivity contribution in [2.75, 3.05) is 19.6 Å². The van der Waals surface area contributed by atoms with Crippen molar-refractivity contribution in [3.05, 3.63) is 47.9 Å². The van der Waals surface area contributed by atoms with E-state index in [1.807, 2.05) is 4.90 Å². The summed E-state index contributed by atoms with van der Waals surface area (Å²) in [7, 11) is 0. The highest BCUT2D eigenvalue weighted by Gasteiger charge is 2.27. The van der Waals surface area contributed by atoms with E-state index in [1.165, 1.54) is 44.6 Å². The third kappa shape index (κ3) is 7.19. The van der Waals surface area contributed by atoms with Crippen LogP contribution in [0.1, 0.15) is 64.7 Å². The fourth-order valence-electron chi connectivity index (χ4n) is 5.00. The molecule has 3 aliphatic rings. The molecule has 0 radical (unpaired) electrons. The Morgan fingerprint density at radius 2 is 2.13 bits per heavy atom. The summed E-state index contributed by atoms with van der Waals surface area (Å²) in [4.78, 5) is 26.6. The highest BCUT2D eigenvalue weighted by molar-refractivity contribution is 5.87. The summed E-state index contributed by atoms with van der Waals surface area (Å²) in [5.41, 5.74) is 1.62. The van der Waals surface area contributed by atoms with E-state index < -0.39 is 5.92 Å². The van der Waals surface area contributed by atoms with Gasteiger partial charge < -0.3 is 10.2 Å². The van der Waals surface area contributed by atoms with Crippen molar-refractivity contribution in [3.8, 4) is 0 Å². The average Bonchev–Trinajstić information content (AvgIpc) is 3.26. The molecule has 0 aromatic rings. The van der Waals surface area contributed by atoms with Crippen molar-refractivity contribution in [1.29, 1.82) is 0 Å². The minimum atomic E-state index is -0.519. The largest absolute Gasteiger partial charge is 0.347 e. The Bertz CT molecular complexity index is 753. The van der Waals surface area contributed by atoms with E-state index in [2.05, 4.69) is 30.5 Å². The maximum absolute atomic E-state index is 13.3. The van der Waals surface area contributed by atoms with Crippen molar-refractivity contribution < 1.29 is 14.0 Å². The van der Waals surface area contributed by atoms with E-state index >= 15 is 0 Å². The first kappa shape index (κ1) is 23.5. The molecule has 1 fully saturated rings. The van der Waals surface area contributed by atoms with Crippen molar-refractivity contribution >= 4 is 11.8 Å². The molecule has 1 saturated heterocycles. The summed E-state index contributed by atoms with van der Waals surface area (Å²) < 4.78 is 13.3. The van der Waals surface area contributed by atoms with E-state index in [0.29, 0.717) is 11.8 Å². The lowest BCUT2D eigenvalue weighted by atomic mass is 9.84. The number of nitrogens with zero attached hydrogens (tertiary/aromatic N) is 1. The summed E-state index contributed by atoms with van der Waals surface area (Å²) in [6, 6.07) is 0.